The molecule has 0 radical (unpaired) electrons. The summed E-state index contributed by atoms with van der Waals surface area (Å²) in [6.07, 6.45) is 68.1. The fourth-order valence-electron chi connectivity index (χ4n) is 7.02. The van der Waals surface area contributed by atoms with Gasteiger partial charge in [0.25, 0.3) is 0 Å². The van der Waals surface area contributed by atoms with E-state index in [1.807, 2.05) is 24.3 Å². The van der Waals surface area contributed by atoms with Gasteiger partial charge >= 0.3 is 17.9 Å². The molecule has 6 heteroatoms. The maximum Gasteiger partial charge on any atom is 0.306 e. The van der Waals surface area contributed by atoms with Crippen LogP contribution in [0.1, 0.15) is 233 Å². The Morgan fingerprint density at radius 1 is 0.344 bits per heavy atom. The molecule has 64 heavy (non-hydrogen) atoms. The van der Waals surface area contributed by atoms with Crippen molar-refractivity contribution in [3.63, 3.8) is 0 Å². The molecule has 364 valence electrons. The number of rotatable bonds is 46. The van der Waals surface area contributed by atoms with Crippen LogP contribution in [0.25, 0.3) is 0 Å². The molecule has 0 aliphatic rings. The van der Waals surface area contributed by atoms with E-state index in [0.717, 1.165) is 116 Å². The molecule has 0 aliphatic carbocycles. The van der Waals surface area contributed by atoms with Crippen molar-refractivity contribution in [1.29, 1.82) is 0 Å². The molecule has 0 aliphatic heterocycles. The fraction of sp³-hybridized carbons (Fsp3) is 0.672. The summed E-state index contributed by atoms with van der Waals surface area (Å²) >= 11 is 0. The molecule has 0 aromatic rings. The highest BCUT2D eigenvalue weighted by atomic mass is 16.6. The van der Waals surface area contributed by atoms with Gasteiger partial charge in [0.2, 0.25) is 0 Å². The number of esters is 3. The fourth-order valence-corrected chi connectivity index (χ4v) is 7.02. The highest BCUT2D eigenvalue weighted by Crippen LogP contribution is 2.15. The Morgan fingerprint density at radius 2 is 0.703 bits per heavy atom. The Kier molecular flexibility index (Phi) is 49.0. The summed E-state index contributed by atoms with van der Waals surface area (Å²) in [6, 6.07) is 0. The molecular weight excluding hydrogens is 793 g/mol. The van der Waals surface area contributed by atoms with E-state index in [1.165, 1.54) is 77.0 Å². The third-order valence-corrected chi connectivity index (χ3v) is 10.9. The largest absolute Gasteiger partial charge is 0.462 e. The SMILES string of the molecule is CC/C=C\C/C=C\C/C=C\CCCCCCCCC(=O)OC(COC(=O)CCCCCCC\C=C/C=C\C=C/C=C\C=C/CCC)COC(=O)CCCCCCCCCCCCCC. The van der Waals surface area contributed by atoms with Crippen LogP contribution in [0.5, 0.6) is 0 Å². The van der Waals surface area contributed by atoms with Crippen molar-refractivity contribution in [3.8, 4) is 0 Å². The van der Waals surface area contributed by atoms with Crippen molar-refractivity contribution in [1.82, 2.24) is 0 Å². The zero-order valence-electron chi connectivity index (χ0n) is 41.5. The zero-order valence-corrected chi connectivity index (χ0v) is 41.5. The number of hydrogen-bond acceptors (Lipinski definition) is 6. The van der Waals surface area contributed by atoms with Gasteiger partial charge in [-0.2, -0.15) is 0 Å². The second kappa shape index (κ2) is 52.0. The predicted molar refractivity (Wildman–Crippen MR) is 274 cm³/mol. The Hall–Kier alpha value is -3.67. The van der Waals surface area contributed by atoms with Crippen LogP contribution in [0.15, 0.2) is 97.2 Å². The maximum absolute atomic E-state index is 12.8. The van der Waals surface area contributed by atoms with Crippen LogP contribution >= 0.6 is 0 Å². The highest BCUT2D eigenvalue weighted by molar-refractivity contribution is 5.71. The van der Waals surface area contributed by atoms with E-state index >= 15 is 0 Å². The minimum Gasteiger partial charge on any atom is -0.462 e. The van der Waals surface area contributed by atoms with E-state index < -0.39 is 6.10 Å². The summed E-state index contributed by atoms with van der Waals surface area (Å²) in [6.45, 7) is 6.40. The zero-order chi connectivity index (χ0) is 46.5. The Morgan fingerprint density at radius 3 is 1.16 bits per heavy atom. The van der Waals surface area contributed by atoms with Crippen molar-refractivity contribution in [2.24, 2.45) is 0 Å². The Bertz CT molecular complexity index is 1300. The molecule has 0 N–H and O–H groups in total. The molecule has 0 bridgehead atoms. The van der Waals surface area contributed by atoms with Crippen molar-refractivity contribution in [2.75, 3.05) is 13.2 Å². The first-order valence-electron chi connectivity index (χ1n) is 26.3. The molecule has 0 saturated carbocycles. The summed E-state index contributed by atoms with van der Waals surface area (Å²) in [5, 5.41) is 0. The molecule has 0 heterocycles. The van der Waals surface area contributed by atoms with E-state index in [2.05, 4.69) is 93.7 Å². The van der Waals surface area contributed by atoms with Crippen LogP contribution in [0, 0.1) is 0 Å². The van der Waals surface area contributed by atoms with Gasteiger partial charge in [0.05, 0.1) is 0 Å². The van der Waals surface area contributed by atoms with Gasteiger partial charge in [-0.25, -0.2) is 0 Å². The molecule has 0 spiro atoms. The number of carbonyl (C=O) groups is 3. The van der Waals surface area contributed by atoms with Gasteiger partial charge in [-0.3, -0.25) is 14.4 Å². The van der Waals surface area contributed by atoms with Crippen molar-refractivity contribution in [3.05, 3.63) is 97.2 Å². The average molecular weight is 889 g/mol. The van der Waals surface area contributed by atoms with E-state index in [9.17, 15) is 14.4 Å². The van der Waals surface area contributed by atoms with Crippen LogP contribution in [0.2, 0.25) is 0 Å². The van der Waals surface area contributed by atoms with Crippen LogP contribution in [-0.4, -0.2) is 37.2 Å². The maximum atomic E-state index is 12.8. The third-order valence-electron chi connectivity index (χ3n) is 10.9. The monoisotopic (exact) mass is 889 g/mol. The van der Waals surface area contributed by atoms with E-state index in [4.69, 9.17) is 14.2 Å². The summed E-state index contributed by atoms with van der Waals surface area (Å²) in [7, 11) is 0. The summed E-state index contributed by atoms with van der Waals surface area (Å²) in [5.41, 5.74) is 0. The standard InChI is InChI=1S/C58H96O6/c1-4-7-10-13-16-19-22-25-27-29-30-32-33-36-39-42-45-48-51-57(60)63-54-55(53-62-56(59)50-47-44-41-38-35-24-21-18-15-12-9-6-3)64-58(61)52-49-46-43-40-37-34-31-28-26-23-20-17-14-11-8-5-2/h8,10-11,13,16-17,19-20,22,25-30,32,55H,4-7,9,12,14-15,18,21,23-24,31,33-54H2,1-3H3/b11-8-,13-10-,19-16-,20-17-,25-22-,28-26-,29-27-,32-30-. The quantitative estimate of drug-likeness (QED) is 0.0199. The molecule has 0 rings (SSSR count). The molecule has 0 aromatic carbocycles. The van der Waals surface area contributed by atoms with Gasteiger partial charge < -0.3 is 14.2 Å². The number of hydrogen-bond donors (Lipinski definition) is 0. The smallest absolute Gasteiger partial charge is 0.306 e. The lowest BCUT2D eigenvalue weighted by molar-refractivity contribution is -0.167. The lowest BCUT2D eigenvalue weighted by Crippen LogP contribution is -2.30. The number of allylic oxidation sites excluding steroid dienone is 16. The van der Waals surface area contributed by atoms with Crippen LogP contribution in [-0.2, 0) is 28.6 Å². The van der Waals surface area contributed by atoms with Crippen molar-refractivity contribution >= 4 is 17.9 Å². The van der Waals surface area contributed by atoms with Gasteiger partial charge in [-0.15, -0.1) is 0 Å². The lowest BCUT2D eigenvalue weighted by Gasteiger charge is -2.18. The molecule has 0 saturated heterocycles. The number of unbranched alkanes of at least 4 members (excludes halogenated alkanes) is 23. The first-order valence-corrected chi connectivity index (χ1v) is 26.3. The van der Waals surface area contributed by atoms with Gasteiger partial charge in [0.15, 0.2) is 6.10 Å². The van der Waals surface area contributed by atoms with Crippen LogP contribution < -0.4 is 0 Å². The third kappa shape index (κ3) is 49.3. The second-order valence-electron chi connectivity index (χ2n) is 17.2. The van der Waals surface area contributed by atoms with Crippen molar-refractivity contribution in [2.45, 2.75) is 239 Å². The number of ether oxygens (including phenoxy) is 3. The summed E-state index contributed by atoms with van der Waals surface area (Å²) in [5.74, 6) is -0.931. The van der Waals surface area contributed by atoms with E-state index in [1.54, 1.807) is 0 Å². The van der Waals surface area contributed by atoms with Gasteiger partial charge in [0, 0.05) is 19.3 Å². The van der Waals surface area contributed by atoms with E-state index in [0.29, 0.717) is 19.3 Å². The molecule has 1 unspecified atom stereocenters. The molecule has 0 amide bonds. The molecule has 6 nitrogen and oxygen atoms in total. The second-order valence-corrected chi connectivity index (χ2v) is 17.2. The lowest BCUT2D eigenvalue weighted by atomic mass is 10.0. The minimum absolute atomic E-state index is 0.0908. The first kappa shape index (κ1) is 60.3. The van der Waals surface area contributed by atoms with Crippen molar-refractivity contribution < 1.29 is 28.6 Å². The average Bonchev–Trinajstić information content (AvgIpc) is 3.29. The Balaban J connectivity index is 4.46. The van der Waals surface area contributed by atoms with Gasteiger partial charge in [0.1, 0.15) is 13.2 Å². The normalized spacial score (nSPS) is 12.9. The molecule has 1 atom stereocenters. The topological polar surface area (TPSA) is 78.9 Å². The first-order chi connectivity index (χ1) is 31.5. The van der Waals surface area contributed by atoms with Crippen LogP contribution in [0.3, 0.4) is 0 Å². The highest BCUT2D eigenvalue weighted by Gasteiger charge is 2.19. The van der Waals surface area contributed by atoms with Crippen LogP contribution in [0.4, 0.5) is 0 Å². The summed E-state index contributed by atoms with van der Waals surface area (Å²) < 4.78 is 16.8. The van der Waals surface area contributed by atoms with Gasteiger partial charge in [-0.05, 0) is 70.6 Å². The minimum atomic E-state index is -0.794. The molecule has 0 fully saturated rings. The van der Waals surface area contributed by atoms with Gasteiger partial charge in [-0.1, -0.05) is 240 Å². The predicted octanol–water partition coefficient (Wildman–Crippen LogP) is 17.4. The molecule has 0 aromatic heterocycles. The van der Waals surface area contributed by atoms with E-state index in [-0.39, 0.29) is 31.1 Å². The Labute approximate surface area is 394 Å². The summed E-state index contributed by atoms with van der Waals surface area (Å²) in [4.78, 5) is 38.0. The number of carbonyl (C=O) groups excluding carboxylic acids is 3. The molecular formula is C58H96O6.